The maximum absolute atomic E-state index is 13.7. The van der Waals surface area contributed by atoms with E-state index in [4.69, 9.17) is 0 Å². The quantitative estimate of drug-likeness (QED) is 0.422. The maximum Gasteiger partial charge on any atom is 0.356 e. The van der Waals surface area contributed by atoms with Crippen LogP contribution in [0.2, 0.25) is 0 Å². The van der Waals surface area contributed by atoms with Gasteiger partial charge in [-0.1, -0.05) is 6.08 Å². The lowest BCUT2D eigenvalue weighted by atomic mass is 10.1. The minimum atomic E-state index is -0.656. The number of aromatic nitrogens is 2. The summed E-state index contributed by atoms with van der Waals surface area (Å²) in [4.78, 5) is 27.3. The van der Waals surface area contributed by atoms with Gasteiger partial charge in [0.05, 0.1) is 12.6 Å². The van der Waals surface area contributed by atoms with Crippen molar-refractivity contribution in [3.8, 4) is 0 Å². The van der Waals surface area contributed by atoms with Crippen LogP contribution >= 0.6 is 0 Å². The zero-order chi connectivity index (χ0) is 16.6. The predicted molar refractivity (Wildman–Crippen MR) is 84.1 cm³/mol. The number of benzene rings is 1. The van der Waals surface area contributed by atoms with E-state index in [1.165, 1.54) is 25.3 Å². The van der Waals surface area contributed by atoms with Gasteiger partial charge < -0.3 is 9.30 Å². The van der Waals surface area contributed by atoms with Crippen molar-refractivity contribution in [1.82, 2.24) is 9.55 Å². The number of fused-ring (bicyclic) bond motifs is 3. The van der Waals surface area contributed by atoms with Crippen molar-refractivity contribution in [2.45, 2.75) is 6.54 Å². The number of carbonyl (C=O) groups excluding carboxylic acids is 2. The van der Waals surface area contributed by atoms with E-state index in [1.54, 1.807) is 12.1 Å². The van der Waals surface area contributed by atoms with Crippen LogP contribution < -0.4 is 0 Å². The number of hydrogen-bond donors (Lipinski definition) is 0. The highest BCUT2D eigenvalue weighted by Gasteiger charge is 2.19. The summed E-state index contributed by atoms with van der Waals surface area (Å²) in [5.74, 6) is -1.06. The van der Waals surface area contributed by atoms with Crippen molar-refractivity contribution in [2.75, 3.05) is 7.11 Å². The SMILES string of the molecule is C=CCn1c2ccc(F)cc2c2cc(C(=O)OC)nc(C=O)c21. The highest BCUT2D eigenvalue weighted by Crippen LogP contribution is 2.31. The van der Waals surface area contributed by atoms with E-state index in [2.05, 4.69) is 16.3 Å². The molecule has 5 nitrogen and oxygen atoms in total. The molecule has 3 rings (SSSR count). The van der Waals surface area contributed by atoms with Gasteiger partial charge >= 0.3 is 5.97 Å². The number of carbonyl (C=O) groups is 2. The summed E-state index contributed by atoms with van der Waals surface area (Å²) in [5.41, 5.74) is 1.37. The molecule has 0 atom stereocenters. The largest absolute Gasteiger partial charge is 0.464 e. The fourth-order valence-electron chi connectivity index (χ4n) is 2.74. The summed E-state index contributed by atoms with van der Waals surface area (Å²) < 4.78 is 20.1. The van der Waals surface area contributed by atoms with Gasteiger partial charge in [-0.15, -0.1) is 6.58 Å². The number of nitrogens with zero attached hydrogens (tertiary/aromatic N) is 2. The number of pyridine rings is 1. The van der Waals surface area contributed by atoms with Crippen LogP contribution in [0.4, 0.5) is 4.39 Å². The first-order chi connectivity index (χ1) is 11.1. The fourth-order valence-corrected chi connectivity index (χ4v) is 2.74. The smallest absolute Gasteiger partial charge is 0.356 e. The molecule has 2 aromatic heterocycles. The van der Waals surface area contributed by atoms with Gasteiger partial charge in [-0.25, -0.2) is 14.2 Å². The molecule has 0 unspecified atom stereocenters. The van der Waals surface area contributed by atoms with Crippen molar-refractivity contribution in [3.05, 3.63) is 54.1 Å². The molecule has 1 aromatic carbocycles. The summed E-state index contributed by atoms with van der Waals surface area (Å²) >= 11 is 0. The highest BCUT2D eigenvalue weighted by molar-refractivity contribution is 6.13. The number of halogens is 1. The predicted octanol–water partition coefficient (Wildman–Crippen LogP) is 3.11. The van der Waals surface area contributed by atoms with Crippen molar-refractivity contribution in [1.29, 1.82) is 0 Å². The summed E-state index contributed by atoms with van der Waals surface area (Å²) in [6.45, 7) is 4.13. The molecule has 0 radical (unpaired) electrons. The summed E-state index contributed by atoms with van der Waals surface area (Å²) in [7, 11) is 1.23. The Morgan fingerprint density at radius 1 is 1.39 bits per heavy atom. The van der Waals surface area contributed by atoms with Gasteiger partial charge in [0.25, 0.3) is 0 Å². The molecule has 0 spiro atoms. The van der Waals surface area contributed by atoms with E-state index in [1.807, 2.05) is 4.57 Å². The monoisotopic (exact) mass is 312 g/mol. The first-order valence-corrected chi connectivity index (χ1v) is 6.87. The Hall–Kier alpha value is -3.02. The van der Waals surface area contributed by atoms with E-state index in [0.717, 1.165) is 5.52 Å². The molecule has 0 amide bonds. The first kappa shape index (κ1) is 14.9. The normalized spacial score (nSPS) is 10.9. The van der Waals surface area contributed by atoms with Gasteiger partial charge in [-0.05, 0) is 24.3 Å². The number of ether oxygens (including phenoxy) is 1. The Bertz CT molecular complexity index is 960. The Balaban J connectivity index is 2.51. The lowest BCUT2D eigenvalue weighted by Gasteiger charge is -2.06. The zero-order valence-corrected chi connectivity index (χ0v) is 12.4. The van der Waals surface area contributed by atoms with Crippen LogP contribution in [-0.2, 0) is 11.3 Å². The number of rotatable bonds is 4. The van der Waals surface area contributed by atoms with Crippen LogP contribution in [-0.4, -0.2) is 28.9 Å². The Labute approximate surface area is 131 Å². The van der Waals surface area contributed by atoms with Gasteiger partial charge in [0.1, 0.15) is 17.2 Å². The van der Waals surface area contributed by atoms with E-state index in [9.17, 15) is 14.0 Å². The summed E-state index contributed by atoms with van der Waals surface area (Å²) in [5, 5.41) is 1.16. The van der Waals surface area contributed by atoms with Crippen LogP contribution in [0.5, 0.6) is 0 Å². The molecule has 6 heteroatoms. The molecule has 0 saturated carbocycles. The Morgan fingerprint density at radius 2 is 2.17 bits per heavy atom. The molecule has 116 valence electrons. The van der Waals surface area contributed by atoms with E-state index >= 15 is 0 Å². The standard InChI is InChI=1S/C17H13FN2O3/c1-3-6-20-15-5-4-10(18)7-11(15)12-8-13(17(22)23-2)19-14(9-21)16(12)20/h3-5,7-9H,1,6H2,2H3. The molecule has 2 heterocycles. The number of esters is 1. The second kappa shape index (κ2) is 5.64. The minimum absolute atomic E-state index is 0.00372. The highest BCUT2D eigenvalue weighted by atomic mass is 19.1. The maximum atomic E-state index is 13.7. The van der Waals surface area contributed by atoms with Crippen LogP contribution in [0, 0.1) is 5.82 Å². The average Bonchev–Trinajstić information content (AvgIpc) is 2.87. The number of methoxy groups -OCH3 is 1. The first-order valence-electron chi connectivity index (χ1n) is 6.87. The molecular formula is C17H13FN2O3. The summed E-state index contributed by atoms with van der Waals surface area (Å²) in [6.07, 6.45) is 2.24. The van der Waals surface area contributed by atoms with Crippen molar-refractivity contribution in [3.63, 3.8) is 0 Å². The molecule has 0 saturated heterocycles. The Kier molecular flexibility index (Phi) is 3.65. The molecular weight excluding hydrogens is 299 g/mol. The number of hydrogen-bond acceptors (Lipinski definition) is 4. The fraction of sp³-hybridized carbons (Fsp3) is 0.118. The average molecular weight is 312 g/mol. The second-order valence-electron chi connectivity index (χ2n) is 4.96. The molecule has 0 fully saturated rings. The van der Waals surface area contributed by atoms with Gasteiger partial charge in [0.15, 0.2) is 6.29 Å². The van der Waals surface area contributed by atoms with Crippen molar-refractivity contribution in [2.24, 2.45) is 0 Å². The number of aldehydes is 1. The molecule has 0 bridgehead atoms. The van der Waals surface area contributed by atoms with Gasteiger partial charge in [-0.2, -0.15) is 0 Å². The third-order valence-electron chi connectivity index (χ3n) is 3.65. The van der Waals surface area contributed by atoms with E-state index in [0.29, 0.717) is 29.1 Å². The number of allylic oxidation sites excluding steroid dienone is 1. The summed E-state index contributed by atoms with van der Waals surface area (Å²) in [6, 6.07) is 5.85. The molecule has 23 heavy (non-hydrogen) atoms. The van der Waals surface area contributed by atoms with Crippen LogP contribution in [0.25, 0.3) is 21.8 Å². The Morgan fingerprint density at radius 3 is 2.83 bits per heavy atom. The minimum Gasteiger partial charge on any atom is -0.464 e. The topological polar surface area (TPSA) is 61.2 Å². The third-order valence-corrected chi connectivity index (χ3v) is 3.65. The molecule has 0 aliphatic carbocycles. The van der Waals surface area contributed by atoms with Crippen molar-refractivity contribution >= 4 is 34.1 Å². The van der Waals surface area contributed by atoms with Gasteiger partial charge in [0, 0.05) is 22.8 Å². The van der Waals surface area contributed by atoms with E-state index in [-0.39, 0.29) is 11.4 Å². The van der Waals surface area contributed by atoms with Crippen LogP contribution in [0.15, 0.2) is 36.9 Å². The lowest BCUT2D eigenvalue weighted by Crippen LogP contribution is -2.07. The lowest BCUT2D eigenvalue weighted by molar-refractivity contribution is 0.0594. The molecule has 0 N–H and O–H groups in total. The molecule has 0 aliphatic rings. The van der Waals surface area contributed by atoms with E-state index < -0.39 is 11.8 Å². The second-order valence-corrected chi connectivity index (χ2v) is 4.96. The third kappa shape index (κ3) is 2.28. The van der Waals surface area contributed by atoms with Gasteiger partial charge in [0.2, 0.25) is 0 Å². The van der Waals surface area contributed by atoms with Crippen molar-refractivity contribution < 1.29 is 18.7 Å². The van der Waals surface area contributed by atoms with Crippen LogP contribution in [0.1, 0.15) is 21.0 Å². The molecule has 3 aromatic rings. The molecule has 0 aliphatic heterocycles. The zero-order valence-electron chi connectivity index (χ0n) is 12.4. The van der Waals surface area contributed by atoms with Crippen LogP contribution in [0.3, 0.4) is 0 Å². The van der Waals surface area contributed by atoms with Gasteiger partial charge in [-0.3, -0.25) is 4.79 Å².